The second-order valence-corrected chi connectivity index (χ2v) is 5.90. The van der Waals surface area contributed by atoms with E-state index in [2.05, 4.69) is 24.5 Å². The Labute approximate surface area is 133 Å². The maximum Gasteiger partial charge on any atom is 0.319 e. The van der Waals surface area contributed by atoms with Gasteiger partial charge in [0.05, 0.1) is 11.4 Å². The highest BCUT2D eigenvalue weighted by Gasteiger charge is 2.26. The molecule has 0 aliphatic heterocycles. The van der Waals surface area contributed by atoms with E-state index in [4.69, 9.17) is 0 Å². The highest BCUT2D eigenvalue weighted by molar-refractivity contribution is 5.93. The summed E-state index contributed by atoms with van der Waals surface area (Å²) in [4.78, 5) is 14.1. The van der Waals surface area contributed by atoms with Gasteiger partial charge in [0, 0.05) is 27.2 Å². The van der Waals surface area contributed by atoms with Gasteiger partial charge >= 0.3 is 6.03 Å². The number of para-hydroxylation sites is 2. The molecule has 0 aliphatic carbocycles. The Morgan fingerprint density at radius 3 is 2.41 bits per heavy atom. The van der Waals surface area contributed by atoms with Gasteiger partial charge < -0.3 is 20.6 Å². The second-order valence-electron chi connectivity index (χ2n) is 5.90. The van der Waals surface area contributed by atoms with Gasteiger partial charge in [-0.3, -0.25) is 0 Å². The van der Waals surface area contributed by atoms with Gasteiger partial charge in [-0.15, -0.1) is 0 Å². The van der Waals surface area contributed by atoms with Crippen molar-refractivity contribution in [2.24, 2.45) is 5.41 Å². The number of rotatable bonds is 8. The first kappa shape index (κ1) is 18.3. The average molecular weight is 307 g/mol. The highest BCUT2D eigenvalue weighted by Crippen LogP contribution is 2.29. The number of nitrogens with one attached hydrogen (secondary N) is 2. The van der Waals surface area contributed by atoms with Crippen molar-refractivity contribution in [2.75, 3.05) is 37.5 Å². The first-order valence-electron chi connectivity index (χ1n) is 7.90. The average Bonchev–Trinajstić information content (AvgIpc) is 2.52. The smallest absolute Gasteiger partial charge is 0.319 e. The Morgan fingerprint density at radius 1 is 1.23 bits per heavy atom. The molecule has 0 unspecified atom stereocenters. The van der Waals surface area contributed by atoms with Crippen LogP contribution < -0.4 is 15.5 Å². The molecule has 22 heavy (non-hydrogen) atoms. The predicted molar refractivity (Wildman–Crippen MR) is 92.5 cm³/mol. The van der Waals surface area contributed by atoms with Crippen molar-refractivity contribution in [3.05, 3.63) is 24.3 Å². The van der Waals surface area contributed by atoms with Crippen LogP contribution in [0.25, 0.3) is 0 Å². The maximum absolute atomic E-state index is 12.2. The van der Waals surface area contributed by atoms with E-state index in [1.807, 2.05) is 43.3 Å². The number of hydrogen-bond acceptors (Lipinski definition) is 3. The minimum absolute atomic E-state index is 0.0346. The minimum atomic E-state index is -0.210. The zero-order valence-electron chi connectivity index (χ0n) is 14.1. The lowest BCUT2D eigenvalue weighted by Gasteiger charge is -2.31. The van der Waals surface area contributed by atoms with Crippen LogP contribution >= 0.6 is 0 Å². The predicted octanol–water partition coefficient (Wildman–Crippen LogP) is 3.06. The molecular weight excluding hydrogens is 278 g/mol. The Bertz CT molecular complexity index is 471. The van der Waals surface area contributed by atoms with Crippen LogP contribution in [-0.4, -0.2) is 38.4 Å². The Balaban J connectivity index is 2.67. The number of aliphatic hydroxyl groups excluding tert-OH is 1. The molecule has 0 spiro atoms. The number of benzene rings is 1. The van der Waals surface area contributed by atoms with Crippen molar-refractivity contribution in [1.82, 2.24) is 5.32 Å². The van der Waals surface area contributed by atoms with Gasteiger partial charge in [0.25, 0.3) is 0 Å². The molecule has 0 heterocycles. The van der Waals surface area contributed by atoms with E-state index in [9.17, 15) is 9.90 Å². The summed E-state index contributed by atoms with van der Waals surface area (Å²) >= 11 is 0. The second kappa shape index (κ2) is 8.63. The van der Waals surface area contributed by atoms with Crippen molar-refractivity contribution in [3.63, 3.8) is 0 Å². The van der Waals surface area contributed by atoms with Crippen LogP contribution in [-0.2, 0) is 0 Å². The zero-order chi connectivity index (χ0) is 16.6. The summed E-state index contributed by atoms with van der Waals surface area (Å²) in [6.07, 6.45) is 2.56. The van der Waals surface area contributed by atoms with Gasteiger partial charge in [0.1, 0.15) is 0 Å². The third kappa shape index (κ3) is 4.91. The Kier molecular flexibility index (Phi) is 7.18. The lowest BCUT2D eigenvalue weighted by atomic mass is 9.79. The zero-order valence-corrected chi connectivity index (χ0v) is 14.1. The van der Waals surface area contributed by atoms with E-state index in [0.29, 0.717) is 13.0 Å². The fraction of sp³-hybridized carbons (Fsp3) is 0.588. The summed E-state index contributed by atoms with van der Waals surface area (Å²) < 4.78 is 0. The first-order valence-corrected chi connectivity index (χ1v) is 7.90. The molecule has 0 saturated heterocycles. The molecule has 3 N–H and O–H groups in total. The van der Waals surface area contributed by atoms with Crippen molar-refractivity contribution in [3.8, 4) is 0 Å². The van der Waals surface area contributed by atoms with E-state index in [-0.39, 0.29) is 18.1 Å². The molecule has 0 aromatic heterocycles. The molecule has 0 atom stereocenters. The molecule has 0 radical (unpaired) electrons. The van der Waals surface area contributed by atoms with Gasteiger partial charge in [0.2, 0.25) is 0 Å². The highest BCUT2D eigenvalue weighted by atomic mass is 16.3. The van der Waals surface area contributed by atoms with Crippen LogP contribution in [0.4, 0.5) is 16.2 Å². The molecule has 0 bridgehead atoms. The largest absolute Gasteiger partial charge is 0.396 e. The fourth-order valence-electron chi connectivity index (χ4n) is 2.58. The number of carbonyl (C=O) groups is 1. The summed E-state index contributed by atoms with van der Waals surface area (Å²) in [6, 6.07) is 7.48. The molecule has 1 rings (SSSR count). The van der Waals surface area contributed by atoms with Crippen LogP contribution in [0.5, 0.6) is 0 Å². The van der Waals surface area contributed by atoms with Crippen molar-refractivity contribution in [2.45, 2.75) is 33.1 Å². The standard InChI is InChI=1S/C17H29N3O2/c1-5-17(6-2,11-12-21)13-18-16(22)19-14-9-7-8-10-15(14)20(3)4/h7-10,21H,5-6,11-13H2,1-4H3,(H2,18,19,22). The molecule has 1 aromatic rings. The quantitative estimate of drug-likeness (QED) is 0.691. The van der Waals surface area contributed by atoms with E-state index in [1.54, 1.807) is 0 Å². The molecule has 2 amide bonds. The van der Waals surface area contributed by atoms with Crippen molar-refractivity contribution in [1.29, 1.82) is 0 Å². The number of aliphatic hydroxyl groups is 1. The van der Waals surface area contributed by atoms with Crippen LogP contribution in [0, 0.1) is 5.41 Å². The number of anilines is 2. The number of urea groups is 1. The summed E-state index contributed by atoms with van der Waals surface area (Å²) in [6.45, 7) is 4.91. The molecule has 5 heteroatoms. The van der Waals surface area contributed by atoms with E-state index < -0.39 is 0 Å². The number of carbonyl (C=O) groups excluding carboxylic acids is 1. The monoisotopic (exact) mass is 307 g/mol. The summed E-state index contributed by atoms with van der Waals surface area (Å²) in [7, 11) is 3.89. The molecule has 124 valence electrons. The normalized spacial score (nSPS) is 11.1. The molecule has 0 saturated carbocycles. The summed E-state index contributed by atoms with van der Waals surface area (Å²) in [5.41, 5.74) is 1.71. The van der Waals surface area contributed by atoms with Crippen molar-refractivity contribution < 1.29 is 9.90 Å². The summed E-state index contributed by atoms with van der Waals surface area (Å²) in [5, 5.41) is 15.1. The number of nitrogens with zero attached hydrogens (tertiary/aromatic N) is 1. The number of amides is 2. The minimum Gasteiger partial charge on any atom is -0.396 e. The van der Waals surface area contributed by atoms with Gasteiger partial charge in [-0.1, -0.05) is 26.0 Å². The van der Waals surface area contributed by atoms with Crippen LogP contribution in [0.2, 0.25) is 0 Å². The SMILES string of the molecule is CCC(CC)(CCO)CNC(=O)Nc1ccccc1N(C)C. The third-order valence-corrected chi connectivity index (χ3v) is 4.40. The van der Waals surface area contributed by atoms with Gasteiger partial charge in [-0.2, -0.15) is 0 Å². The lowest BCUT2D eigenvalue weighted by molar-refractivity contribution is 0.165. The number of hydrogen-bond donors (Lipinski definition) is 3. The maximum atomic E-state index is 12.2. The molecule has 0 aliphatic rings. The summed E-state index contributed by atoms with van der Waals surface area (Å²) in [5.74, 6) is 0. The fourth-order valence-corrected chi connectivity index (χ4v) is 2.58. The molecular formula is C17H29N3O2. The third-order valence-electron chi connectivity index (χ3n) is 4.40. The van der Waals surface area contributed by atoms with Gasteiger partial charge in [-0.05, 0) is 36.8 Å². The first-order chi connectivity index (χ1) is 10.5. The van der Waals surface area contributed by atoms with Gasteiger partial charge in [-0.25, -0.2) is 4.79 Å². The van der Waals surface area contributed by atoms with E-state index >= 15 is 0 Å². The topological polar surface area (TPSA) is 64.6 Å². The lowest BCUT2D eigenvalue weighted by Crippen LogP contribution is -2.39. The van der Waals surface area contributed by atoms with Gasteiger partial charge in [0.15, 0.2) is 0 Å². The molecule has 1 aromatic carbocycles. The van der Waals surface area contributed by atoms with Crippen LogP contribution in [0.3, 0.4) is 0 Å². The molecule has 0 fully saturated rings. The molecule has 5 nitrogen and oxygen atoms in total. The Morgan fingerprint density at radius 2 is 1.86 bits per heavy atom. The van der Waals surface area contributed by atoms with E-state index in [1.165, 1.54) is 0 Å². The van der Waals surface area contributed by atoms with Crippen LogP contribution in [0.1, 0.15) is 33.1 Å². The van der Waals surface area contributed by atoms with Crippen molar-refractivity contribution >= 4 is 17.4 Å². The van der Waals surface area contributed by atoms with E-state index in [0.717, 1.165) is 24.2 Å². The van der Waals surface area contributed by atoms with Crippen LogP contribution in [0.15, 0.2) is 24.3 Å². The Hall–Kier alpha value is -1.75.